The Morgan fingerprint density at radius 2 is 1.35 bits per heavy atom. The van der Waals surface area contributed by atoms with E-state index in [4.69, 9.17) is 4.74 Å². The minimum atomic E-state index is -0.397. The molecule has 2 aromatic rings. The van der Waals surface area contributed by atoms with Crippen LogP contribution in [0.2, 0.25) is 0 Å². The van der Waals surface area contributed by atoms with E-state index in [1.807, 2.05) is 9.80 Å². The first-order valence-electron chi connectivity index (χ1n) is 11.9. The number of rotatable bonds is 10. The van der Waals surface area contributed by atoms with Crippen molar-refractivity contribution < 1.29 is 18.3 Å². The summed E-state index contributed by atoms with van der Waals surface area (Å²) in [6.07, 6.45) is 1.53. The molecule has 0 bridgehead atoms. The van der Waals surface area contributed by atoms with Gasteiger partial charge in [-0.15, -0.1) is 12.4 Å². The Bertz CT molecular complexity index is 808. The minimum Gasteiger partial charge on any atom is -0.367 e. The number of ether oxygens (including phenoxy) is 1. The summed E-state index contributed by atoms with van der Waals surface area (Å²) in [6.45, 7) is 10.0. The van der Waals surface area contributed by atoms with Crippen molar-refractivity contribution in [1.29, 1.82) is 0 Å². The van der Waals surface area contributed by atoms with Gasteiger partial charge >= 0.3 is 6.03 Å². The number of carbonyl (C=O) groups is 1. The molecule has 3 rings (SSSR count). The molecule has 2 amide bonds. The van der Waals surface area contributed by atoms with E-state index in [0.29, 0.717) is 19.7 Å². The van der Waals surface area contributed by atoms with Gasteiger partial charge in [-0.1, -0.05) is 38.1 Å². The van der Waals surface area contributed by atoms with Gasteiger partial charge in [0.05, 0.1) is 6.61 Å². The zero-order valence-corrected chi connectivity index (χ0v) is 20.9. The van der Waals surface area contributed by atoms with E-state index in [1.54, 1.807) is 24.3 Å². The first kappa shape index (κ1) is 28.0. The number of carbonyl (C=O) groups excluding carboxylic acids is 1. The lowest BCUT2D eigenvalue weighted by molar-refractivity contribution is 0.0466. The molecule has 0 aromatic heterocycles. The van der Waals surface area contributed by atoms with Crippen molar-refractivity contribution in [3.05, 3.63) is 71.3 Å². The van der Waals surface area contributed by atoms with Crippen LogP contribution in [0.15, 0.2) is 48.5 Å². The van der Waals surface area contributed by atoms with Gasteiger partial charge < -0.3 is 14.5 Å². The molecule has 1 fully saturated rings. The van der Waals surface area contributed by atoms with E-state index in [9.17, 15) is 13.6 Å². The minimum absolute atomic E-state index is 0. The van der Waals surface area contributed by atoms with Crippen molar-refractivity contribution in [1.82, 2.24) is 14.7 Å². The van der Waals surface area contributed by atoms with Crippen LogP contribution in [0.25, 0.3) is 0 Å². The van der Waals surface area contributed by atoms with Gasteiger partial charge in [-0.05, 0) is 48.2 Å². The molecule has 0 atom stereocenters. The smallest absolute Gasteiger partial charge is 0.320 e. The highest BCUT2D eigenvalue weighted by Gasteiger charge is 2.25. The maximum absolute atomic E-state index is 13.4. The number of benzene rings is 2. The molecule has 1 heterocycles. The van der Waals surface area contributed by atoms with Crippen molar-refractivity contribution in [3.8, 4) is 0 Å². The van der Waals surface area contributed by atoms with Crippen molar-refractivity contribution in [2.75, 3.05) is 52.4 Å². The number of piperazine rings is 1. The van der Waals surface area contributed by atoms with E-state index in [2.05, 4.69) is 18.7 Å². The Kier molecular flexibility index (Phi) is 11.7. The molecule has 0 N–H and O–H groups in total. The third-order valence-electron chi connectivity index (χ3n) is 5.94. The molecule has 5 nitrogen and oxygen atoms in total. The quantitative estimate of drug-likeness (QED) is 0.445. The van der Waals surface area contributed by atoms with Crippen LogP contribution in [0, 0.1) is 11.6 Å². The third-order valence-corrected chi connectivity index (χ3v) is 5.94. The maximum atomic E-state index is 13.4. The van der Waals surface area contributed by atoms with Crippen LogP contribution in [-0.4, -0.2) is 73.2 Å². The number of halogens is 3. The number of hydrogen-bond acceptors (Lipinski definition) is 3. The Morgan fingerprint density at radius 3 is 1.79 bits per heavy atom. The Balaban J connectivity index is 0.00000408. The van der Waals surface area contributed by atoms with Crippen molar-refractivity contribution in [3.63, 3.8) is 0 Å². The van der Waals surface area contributed by atoms with Crippen molar-refractivity contribution in [2.24, 2.45) is 0 Å². The predicted octanol–water partition coefficient (Wildman–Crippen LogP) is 5.35. The zero-order valence-electron chi connectivity index (χ0n) is 20.1. The molecule has 188 valence electrons. The second-order valence-corrected chi connectivity index (χ2v) is 8.45. The molecular formula is C26H36ClF2N3O2. The number of hydrogen-bond donors (Lipinski definition) is 0. The van der Waals surface area contributed by atoms with Gasteiger partial charge in [0.2, 0.25) is 0 Å². The van der Waals surface area contributed by atoms with E-state index >= 15 is 0 Å². The first-order valence-corrected chi connectivity index (χ1v) is 11.9. The lowest BCUT2D eigenvalue weighted by Crippen LogP contribution is -2.53. The molecule has 8 heteroatoms. The van der Waals surface area contributed by atoms with E-state index in [0.717, 1.165) is 56.7 Å². The van der Waals surface area contributed by atoms with Crippen LogP contribution in [-0.2, 0) is 4.74 Å². The van der Waals surface area contributed by atoms with Gasteiger partial charge in [-0.2, -0.15) is 0 Å². The summed E-state index contributed by atoms with van der Waals surface area (Å²) in [6, 6.07) is 12.6. The molecule has 0 spiro atoms. The van der Waals surface area contributed by atoms with Gasteiger partial charge in [0, 0.05) is 45.8 Å². The van der Waals surface area contributed by atoms with Crippen LogP contribution in [0.5, 0.6) is 0 Å². The topological polar surface area (TPSA) is 36.0 Å². The standard InChI is InChI=1S/C26H35F2N3O2.ClH/c1-3-13-30(14-4-2)26(32)31-17-15-29(16-18-31)19-20-33-25(21-5-9-23(27)10-6-21)22-7-11-24(28)12-8-22;/h5-12,25H,3-4,13-20H2,1-2H3;1H. The highest BCUT2D eigenvalue weighted by molar-refractivity contribution is 5.85. The van der Waals surface area contributed by atoms with Gasteiger partial charge in [-0.3, -0.25) is 4.90 Å². The lowest BCUT2D eigenvalue weighted by Gasteiger charge is -2.37. The zero-order chi connectivity index (χ0) is 23.6. The summed E-state index contributed by atoms with van der Waals surface area (Å²) in [5.74, 6) is -0.610. The third kappa shape index (κ3) is 7.93. The van der Waals surface area contributed by atoms with Crippen molar-refractivity contribution >= 4 is 18.4 Å². The van der Waals surface area contributed by atoms with Crippen LogP contribution in [0.3, 0.4) is 0 Å². The molecule has 1 saturated heterocycles. The summed E-state index contributed by atoms with van der Waals surface area (Å²) >= 11 is 0. The lowest BCUT2D eigenvalue weighted by atomic mass is 10.0. The van der Waals surface area contributed by atoms with Crippen LogP contribution in [0.1, 0.15) is 43.9 Å². The summed E-state index contributed by atoms with van der Waals surface area (Å²) in [5, 5.41) is 0. The fourth-order valence-corrected chi connectivity index (χ4v) is 4.17. The molecular weight excluding hydrogens is 460 g/mol. The average molecular weight is 496 g/mol. The fraction of sp³-hybridized carbons (Fsp3) is 0.500. The predicted molar refractivity (Wildman–Crippen MR) is 133 cm³/mol. The number of nitrogens with zero attached hydrogens (tertiary/aromatic N) is 3. The van der Waals surface area contributed by atoms with Crippen LogP contribution in [0.4, 0.5) is 13.6 Å². The van der Waals surface area contributed by atoms with Crippen molar-refractivity contribution in [2.45, 2.75) is 32.8 Å². The van der Waals surface area contributed by atoms with E-state index in [-0.39, 0.29) is 30.1 Å². The maximum Gasteiger partial charge on any atom is 0.320 e. The second kappa shape index (κ2) is 14.2. The van der Waals surface area contributed by atoms with Gasteiger partial charge in [0.15, 0.2) is 0 Å². The molecule has 1 aliphatic heterocycles. The van der Waals surface area contributed by atoms with E-state index < -0.39 is 6.10 Å². The number of urea groups is 1. The molecule has 0 radical (unpaired) electrons. The summed E-state index contributed by atoms with van der Waals surface area (Å²) in [4.78, 5) is 19.0. The molecule has 1 aliphatic rings. The Labute approximate surface area is 208 Å². The fourth-order valence-electron chi connectivity index (χ4n) is 4.17. The molecule has 0 unspecified atom stereocenters. The largest absolute Gasteiger partial charge is 0.367 e. The van der Waals surface area contributed by atoms with Gasteiger partial charge in [0.1, 0.15) is 17.7 Å². The normalized spacial score (nSPS) is 14.2. The average Bonchev–Trinajstić information content (AvgIpc) is 2.83. The highest BCUT2D eigenvalue weighted by atomic mass is 35.5. The summed E-state index contributed by atoms with van der Waals surface area (Å²) in [5.41, 5.74) is 1.65. The summed E-state index contributed by atoms with van der Waals surface area (Å²) in [7, 11) is 0. The van der Waals surface area contributed by atoms with Gasteiger partial charge in [-0.25, -0.2) is 13.6 Å². The Hall–Kier alpha value is -2.22. The monoisotopic (exact) mass is 495 g/mol. The SMILES string of the molecule is CCCN(CCC)C(=O)N1CCN(CCOC(c2ccc(F)cc2)c2ccc(F)cc2)CC1.Cl. The molecule has 0 aliphatic carbocycles. The first-order chi connectivity index (χ1) is 16.0. The number of amides is 2. The van der Waals surface area contributed by atoms with Crippen LogP contribution < -0.4 is 0 Å². The van der Waals surface area contributed by atoms with Gasteiger partial charge in [0.25, 0.3) is 0 Å². The highest BCUT2D eigenvalue weighted by Crippen LogP contribution is 2.26. The summed E-state index contributed by atoms with van der Waals surface area (Å²) < 4.78 is 33.0. The molecule has 2 aromatic carbocycles. The molecule has 34 heavy (non-hydrogen) atoms. The van der Waals surface area contributed by atoms with E-state index in [1.165, 1.54) is 24.3 Å². The van der Waals surface area contributed by atoms with Crippen LogP contribution >= 0.6 is 12.4 Å². The molecule has 0 saturated carbocycles. The second-order valence-electron chi connectivity index (χ2n) is 8.45. The Morgan fingerprint density at radius 1 is 0.882 bits per heavy atom.